The van der Waals surface area contributed by atoms with Gasteiger partial charge in [0.05, 0.1) is 5.02 Å². The Hall–Kier alpha value is -1.52. The Morgan fingerprint density at radius 3 is 2.62 bits per heavy atom. The first-order chi connectivity index (χ1) is 9.90. The maximum absolute atomic E-state index is 11.3. The molecule has 0 fully saturated rings. The zero-order valence-corrected chi connectivity index (χ0v) is 13.9. The van der Waals surface area contributed by atoms with Crippen LogP contribution in [0.4, 0.5) is 0 Å². The molecule has 0 aliphatic carbocycles. The molecule has 0 bridgehead atoms. The average Bonchev–Trinajstić information content (AvgIpc) is 2.42. The van der Waals surface area contributed by atoms with E-state index in [1.54, 1.807) is 18.2 Å². The first-order valence-electron chi connectivity index (χ1n) is 6.39. The Labute approximate surface area is 136 Å². The van der Waals surface area contributed by atoms with Gasteiger partial charge in [-0.25, -0.2) is 4.79 Å². The van der Waals surface area contributed by atoms with E-state index in [2.05, 4.69) is 15.9 Å². The van der Waals surface area contributed by atoms with Crippen molar-refractivity contribution in [2.45, 2.75) is 19.8 Å². The van der Waals surface area contributed by atoms with Crippen LogP contribution in [0, 0.1) is 0 Å². The van der Waals surface area contributed by atoms with E-state index in [0.717, 1.165) is 10.0 Å². The summed E-state index contributed by atoms with van der Waals surface area (Å²) in [6.07, 6.45) is 0. The largest absolute Gasteiger partial charge is 0.478 e. The number of aromatic carboxylic acids is 1. The number of hydrogen-bond acceptors (Lipinski definition) is 2. The van der Waals surface area contributed by atoms with Crippen molar-refractivity contribution >= 4 is 33.5 Å². The zero-order chi connectivity index (χ0) is 15.6. The summed E-state index contributed by atoms with van der Waals surface area (Å²) >= 11 is 9.52. The molecule has 0 aliphatic heterocycles. The van der Waals surface area contributed by atoms with Gasteiger partial charge in [0.25, 0.3) is 0 Å². The summed E-state index contributed by atoms with van der Waals surface area (Å²) < 4.78 is 6.76. The Bertz CT molecular complexity index is 683. The van der Waals surface area contributed by atoms with Crippen molar-refractivity contribution in [1.82, 2.24) is 0 Å². The second kappa shape index (κ2) is 6.50. The molecule has 21 heavy (non-hydrogen) atoms. The second-order valence-corrected chi connectivity index (χ2v) is 6.18. The van der Waals surface area contributed by atoms with Gasteiger partial charge in [-0.1, -0.05) is 47.4 Å². The normalized spacial score (nSPS) is 10.7. The first kappa shape index (κ1) is 15.9. The van der Waals surface area contributed by atoms with Crippen LogP contribution in [0.25, 0.3) is 0 Å². The molecular weight excluding hydrogens is 356 g/mol. The molecule has 2 aromatic rings. The van der Waals surface area contributed by atoms with E-state index in [4.69, 9.17) is 16.3 Å². The third-order valence-electron chi connectivity index (χ3n) is 3.00. The lowest BCUT2D eigenvalue weighted by Crippen LogP contribution is -2.02. The Kier molecular flexibility index (Phi) is 4.91. The van der Waals surface area contributed by atoms with E-state index in [1.807, 2.05) is 26.0 Å². The summed E-state index contributed by atoms with van der Waals surface area (Å²) in [4.78, 5) is 11.3. The van der Waals surface area contributed by atoms with Crippen molar-refractivity contribution in [2.24, 2.45) is 0 Å². The zero-order valence-electron chi connectivity index (χ0n) is 11.6. The number of para-hydroxylation sites is 1. The summed E-state index contributed by atoms with van der Waals surface area (Å²) in [5.41, 5.74) is 1.01. The molecule has 2 aromatic carbocycles. The van der Waals surface area contributed by atoms with E-state index in [-0.39, 0.29) is 22.3 Å². The predicted molar refractivity (Wildman–Crippen MR) is 86.7 cm³/mol. The summed E-state index contributed by atoms with van der Waals surface area (Å²) in [7, 11) is 0. The number of benzene rings is 2. The number of carboxylic acid groups (broad SMARTS) is 1. The van der Waals surface area contributed by atoms with E-state index in [0.29, 0.717) is 5.75 Å². The van der Waals surface area contributed by atoms with Gasteiger partial charge in [-0.15, -0.1) is 0 Å². The third kappa shape index (κ3) is 3.57. The van der Waals surface area contributed by atoms with Crippen LogP contribution in [0.2, 0.25) is 5.02 Å². The molecule has 0 amide bonds. The van der Waals surface area contributed by atoms with Crippen molar-refractivity contribution in [3.63, 3.8) is 0 Å². The maximum atomic E-state index is 11.3. The van der Waals surface area contributed by atoms with Crippen LogP contribution in [0.1, 0.15) is 35.7 Å². The molecule has 0 saturated carbocycles. The van der Waals surface area contributed by atoms with Crippen LogP contribution in [0.3, 0.4) is 0 Å². The highest BCUT2D eigenvalue weighted by molar-refractivity contribution is 9.10. The molecule has 0 radical (unpaired) electrons. The number of carbonyl (C=O) groups is 1. The molecule has 1 N–H and O–H groups in total. The minimum Gasteiger partial charge on any atom is -0.478 e. The summed E-state index contributed by atoms with van der Waals surface area (Å²) in [5, 5.41) is 9.52. The Morgan fingerprint density at radius 1 is 1.29 bits per heavy atom. The van der Waals surface area contributed by atoms with Gasteiger partial charge in [-0.05, 0) is 41.8 Å². The highest BCUT2D eigenvalue weighted by Crippen LogP contribution is 2.37. The maximum Gasteiger partial charge on any atom is 0.339 e. The lowest BCUT2D eigenvalue weighted by molar-refractivity contribution is 0.0694. The first-order valence-corrected chi connectivity index (χ1v) is 7.56. The standard InChI is InChI=1S/C16H14BrClO3/c1-9(2)12-8-10(17)6-7-14(12)21-15-11(16(19)20)4-3-5-13(15)18/h3-9H,1-2H3,(H,19,20). The third-order valence-corrected chi connectivity index (χ3v) is 3.79. The average molecular weight is 370 g/mol. The molecular formula is C16H14BrClO3. The highest BCUT2D eigenvalue weighted by Gasteiger charge is 2.17. The van der Waals surface area contributed by atoms with Crippen LogP contribution in [-0.4, -0.2) is 11.1 Å². The van der Waals surface area contributed by atoms with Gasteiger partial charge in [0, 0.05) is 4.47 Å². The molecule has 2 rings (SSSR count). The van der Waals surface area contributed by atoms with Crippen LogP contribution >= 0.6 is 27.5 Å². The lowest BCUT2D eigenvalue weighted by atomic mass is 10.0. The summed E-state index contributed by atoms with van der Waals surface area (Å²) in [5.74, 6) is -0.0799. The number of rotatable bonds is 4. The van der Waals surface area contributed by atoms with E-state index in [9.17, 15) is 9.90 Å². The quantitative estimate of drug-likeness (QED) is 0.750. The lowest BCUT2D eigenvalue weighted by Gasteiger charge is -2.16. The van der Waals surface area contributed by atoms with Crippen molar-refractivity contribution < 1.29 is 14.6 Å². The van der Waals surface area contributed by atoms with Crippen molar-refractivity contribution in [3.8, 4) is 11.5 Å². The highest BCUT2D eigenvalue weighted by atomic mass is 79.9. The molecule has 0 unspecified atom stereocenters. The fraction of sp³-hybridized carbons (Fsp3) is 0.188. The molecule has 0 aromatic heterocycles. The smallest absolute Gasteiger partial charge is 0.339 e. The number of ether oxygens (including phenoxy) is 1. The van der Waals surface area contributed by atoms with E-state index in [1.165, 1.54) is 6.07 Å². The van der Waals surface area contributed by atoms with Gasteiger partial charge in [0.15, 0.2) is 5.75 Å². The molecule has 3 nitrogen and oxygen atoms in total. The van der Waals surface area contributed by atoms with Gasteiger partial charge in [0.1, 0.15) is 11.3 Å². The Morgan fingerprint density at radius 2 is 2.00 bits per heavy atom. The molecule has 0 atom stereocenters. The topological polar surface area (TPSA) is 46.5 Å². The van der Waals surface area contributed by atoms with Crippen molar-refractivity contribution in [3.05, 3.63) is 57.0 Å². The van der Waals surface area contributed by atoms with E-state index >= 15 is 0 Å². The van der Waals surface area contributed by atoms with Gasteiger partial charge in [-0.2, -0.15) is 0 Å². The van der Waals surface area contributed by atoms with Crippen LogP contribution in [0.15, 0.2) is 40.9 Å². The Balaban J connectivity index is 2.51. The monoisotopic (exact) mass is 368 g/mol. The van der Waals surface area contributed by atoms with Gasteiger partial charge in [-0.3, -0.25) is 0 Å². The molecule has 0 heterocycles. The molecule has 0 saturated heterocycles. The minimum absolute atomic E-state index is 0.0418. The van der Waals surface area contributed by atoms with Gasteiger partial charge < -0.3 is 9.84 Å². The van der Waals surface area contributed by atoms with E-state index < -0.39 is 5.97 Å². The minimum atomic E-state index is -1.07. The van der Waals surface area contributed by atoms with Gasteiger partial charge >= 0.3 is 5.97 Å². The number of hydrogen-bond donors (Lipinski definition) is 1. The SMILES string of the molecule is CC(C)c1cc(Br)ccc1Oc1c(Cl)cccc1C(=O)O. The van der Waals surface area contributed by atoms with Crippen molar-refractivity contribution in [1.29, 1.82) is 0 Å². The molecule has 110 valence electrons. The number of halogens is 2. The van der Waals surface area contributed by atoms with Crippen LogP contribution < -0.4 is 4.74 Å². The molecule has 0 spiro atoms. The summed E-state index contributed by atoms with van der Waals surface area (Å²) in [6.45, 7) is 4.08. The molecule has 0 aliphatic rings. The second-order valence-electron chi connectivity index (χ2n) is 4.86. The van der Waals surface area contributed by atoms with Crippen LogP contribution in [0.5, 0.6) is 11.5 Å². The fourth-order valence-corrected chi connectivity index (χ4v) is 2.55. The van der Waals surface area contributed by atoms with Gasteiger partial charge in [0.2, 0.25) is 0 Å². The van der Waals surface area contributed by atoms with Crippen LogP contribution in [-0.2, 0) is 0 Å². The fourth-order valence-electron chi connectivity index (χ4n) is 1.95. The predicted octanol–water partition coefficient (Wildman–Crippen LogP) is 5.72. The van der Waals surface area contributed by atoms with Crippen molar-refractivity contribution in [2.75, 3.05) is 0 Å². The summed E-state index contributed by atoms with van der Waals surface area (Å²) in [6, 6.07) is 10.3. The number of carboxylic acids is 1. The molecule has 5 heteroatoms.